The number of Topliss-reactive ketones (excluding diaryl/α,β-unsaturated/α-hetero) is 2. The number of carbonyl (C=O) groups excluding carboxylic acids is 4. The highest BCUT2D eigenvalue weighted by molar-refractivity contribution is 5.93. The van der Waals surface area contributed by atoms with E-state index in [-0.39, 0.29) is 39.6 Å². The Labute approximate surface area is 198 Å². The van der Waals surface area contributed by atoms with E-state index in [9.17, 15) is 19.2 Å². The molecule has 0 saturated heterocycles. The summed E-state index contributed by atoms with van der Waals surface area (Å²) < 4.78 is 5.69. The maximum atomic E-state index is 14.0. The molecule has 0 aliphatic heterocycles. The third-order valence-electron chi connectivity index (χ3n) is 11.2. The fourth-order valence-corrected chi connectivity index (χ4v) is 9.85. The molecule has 0 N–H and O–H groups in total. The summed E-state index contributed by atoms with van der Waals surface area (Å²) in [5.74, 6) is -1.26. The van der Waals surface area contributed by atoms with Crippen molar-refractivity contribution in [3.63, 3.8) is 0 Å². The Hall–Kier alpha value is -1.52. The molecule has 0 bridgehead atoms. The molecule has 0 aromatic heterocycles. The van der Waals surface area contributed by atoms with Crippen molar-refractivity contribution >= 4 is 23.8 Å². The van der Waals surface area contributed by atoms with E-state index in [0.29, 0.717) is 18.8 Å². The lowest BCUT2D eigenvalue weighted by Crippen LogP contribution is -2.68. The summed E-state index contributed by atoms with van der Waals surface area (Å²) in [7, 11) is 0. The van der Waals surface area contributed by atoms with E-state index < -0.39 is 29.3 Å². The molecule has 184 valence electrons. The average molecular weight is 459 g/mol. The monoisotopic (exact) mass is 458 g/mol. The first-order valence-electron chi connectivity index (χ1n) is 12.9. The largest absolute Gasteiger partial charge is 0.462 e. The van der Waals surface area contributed by atoms with Crippen molar-refractivity contribution < 1.29 is 23.9 Å². The van der Waals surface area contributed by atoms with E-state index in [4.69, 9.17) is 4.74 Å². The standard InChI is InChI=1S/C28H42O5/c1-16(30)24-18(15-29)28(7)22(13-19(24)33-17(2)31)27(6)12-9-20-25(3,4)10-8-11-26(20,5)21(27)14-23(28)32/h15,18-22,24H,8-14H2,1-7H3/t18-,19-,20?,21?,22?,24-,26-,27+,28+/m0/s1. The van der Waals surface area contributed by atoms with Gasteiger partial charge >= 0.3 is 5.97 Å². The van der Waals surface area contributed by atoms with Crippen molar-refractivity contribution in [1.29, 1.82) is 0 Å². The normalized spacial score (nSPS) is 48.6. The van der Waals surface area contributed by atoms with Crippen molar-refractivity contribution in [2.24, 2.45) is 51.2 Å². The summed E-state index contributed by atoms with van der Waals surface area (Å²) in [5.41, 5.74) is -0.692. The van der Waals surface area contributed by atoms with Crippen LogP contribution in [0.15, 0.2) is 0 Å². The highest BCUT2D eigenvalue weighted by Crippen LogP contribution is 2.72. The minimum Gasteiger partial charge on any atom is -0.462 e. The molecule has 4 aliphatic carbocycles. The van der Waals surface area contributed by atoms with Crippen LogP contribution in [0.25, 0.3) is 0 Å². The highest BCUT2D eigenvalue weighted by atomic mass is 16.5. The predicted molar refractivity (Wildman–Crippen MR) is 125 cm³/mol. The molecule has 0 radical (unpaired) electrons. The zero-order chi connectivity index (χ0) is 24.6. The number of ketones is 2. The minimum atomic E-state index is -0.895. The van der Waals surface area contributed by atoms with E-state index >= 15 is 0 Å². The van der Waals surface area contributed by atoms with Crippen LogP contribution in [0.5, 0.6) is 0 Å². The van der Waals surface area contributed by atoms with Gasteiger partial charge in [-0.05, 0) is 73.0 Å². The first-order valence-corrected chi connectivity index (χ1v) is 12.9. The molecule has 0 aromatic carbocycles. The number of esters is 1. The van der Waals surface area contributed by atoms with Crippen LogP contribution in [0.3, 0.4) is 0 Å². The molecule has 5 nitrogen and oxygen atoms in total. The van der Waals surface area contributed by atoms with Gasteiger partial charge in [0.05, 0.1) is 5.92 Å². The Bertz CT molecular complexity index is 876. The molecule has 4 aliphatic rings. The summed E-state index contributed by atoms with van der Waals surface area (Å²) in [6, 6.07) is 0. The van der Waals surface area contributed by atoms with Gasteiger partial charge in [-0.15, -0.1) is 0 Å². The fraction of sp³-hybridized carbons (Fsp3) is 0.857. The molecular weight excluding hydrogens is 416 g/mol. The molecule has 4 rings (SSSR count). The van der Waals surface area contributed by atoms with E-state index in [0.717, 1.165) is 25.5 Å². The molecular formula is C28H42O5. The molecule has 5 heteroatoms. The zero-order valence-corrected chi connectivity index (χ0v) is 21.5. The van der Waals surface area contributed by atoms with Gasteiger partial charge < -0.3 is 9.53 Å². The first kappa shape index (κ1) is 24.6. The van der Waals surface area contributed by atoms with Gasteiger partial charge in [0.2, 0.25) is 0 Å². The number of aldehydes is 1. The molecule has 9 atom stereocenters. The third-order valence-corrected chi connectivity index (χ3v) is 11.2. The lowest BCUT2D eigenvalue weighted by Gasteiger charge is -2.69. The summed E-state index contributed by atoms with van der Waals surface area (Å²) >= 11 is 0. The second-order valence-electron chi connectivity index (χ2n) is 13.1. The van der Waals surface area contributed by atoms with Gasteiger partial charge in [0.15, 0.2) is 0 Å². The number of rotatable bonds is 3. The van der Waals surface area contributed by atoms with Crippen molar-refractivity contribution in [2.45, 2.75) is 99.5 Å². The second-order valence-corrected chi connectivity index (χ2v) is 13.1. The highest BCUT2D eigenvalue weighted by Gasteiger charge is 2.70. The number of ether oxygens (including phenoxy) is 1. The lowest BCUT2D eigenvalue weighted by molar-refractivity contribution is -0.222. The second kappa shape index (κ2) is 7.75. The number of hydrogen-bond acceptors (Lipinski definition) is 5. The van der Waals surface area contributed by atoms with Crippen molar-refractivity contribution in [2.75, 3.05) is 0 Å². The van der Waals surface area contributed by atoms with Gasteiger partial charge in [0, 0.05) is 24.7 Å². The lowest BCUT2D eigenvalue weighted by atomic mass is 9.34. The Morgan fingerprint density at radius 2 is 1.58 bits per heavy atom. The van der Waals surface area contributed by atoms with Crippen molar-refractivity contribution in [3.8, 4) is 0 Å². The van der Waals surface area contributed by atoms with Gasteiger partial charge in [0.25, 0.3) is 0 Å². The topological polar surface area (TPSA) is 77.5 Å². The Morgan fingerprint density at radius 1 is 0.939 bits per heavy atom. The quantitative estimate of drug-likeness (QED) is 0.430. The van der Waals surface area contributed by atoms with Crippen LogP contribution < -0.4 is 0 Å². The molecule has 4 fully saturated rings. The molecule has 3 unspecified atom stereocenters. The Balaban J connectivity index is 1.83. The van der Waals surface area contributed by atoms with Crippen LogP contribution in [0.2, 0.25) is 0 Å². The van der Waals surface area contributed by atoms with E-state index in [1.165, 1.54) is 26.7 Å². The molecule has 0 spiro atoms. The van der Waals surface area contributed by atoms with Crippen molar-refractivity contribution in [1.82, 2.24) is 0 Å². The van der Waals surface area contributed by atoms with Gasteiger partial charge in [-0.1, -0.05) is 41.0 Å². The van der Waals surface area contributed by atoms with Crippen molar-refractivity contribution in [3.05, 3.63) is 0 Å². The fourth-order valence-electron chi connectivity index (χ4n) is 9.85. The summed E-state index contributed by atoms with van der Waals surface area (Å²) in [5, 5.41) is 0. The van der Waals surface area contributed by atoms with E-state index in [2.05, 4.69) is 27.7 Å². The summed E-state index contributed by atoms with van der Waals surface area (Å²) in [6.07, 6.45) is 6.81. The molecule has 4 saturated carbocycles. The molecule has 33 heavy (non-hydrogen) atoms. The van der Waals surface area contributed by atoms with E-state index in [1.54, 1.807) is 0 Å². The zero-order valence-electron chi connectivity index (χ0n) is 21.5. The van der Waals surface area contributed by atoms with Gasteiger partial charge in [-0.25, -0.2) is 0 Å². The molecule has 0 aromatic rings. The molecule has 0 heterocycles. The summed E-state index contributed by atoms with van der Waals surface area (Å²) in [6.45, 7) is 14.3. The van der Waals surface area contributed by atoms with Crippen LogP contribution >= 0.6 is 0 Å². The van der Waals surface area contributed by atoms with Gasteiger partial charge in [0.1, 0.15) is 24.0 Å². The van der Waals surface area contributed by atoms with Crippen LogP contribution in [-0.2, 0) is 23.9 Å². The van der Waals surface area contributed by atoms with Gasteiger partial charge in [-0.2, -0.15) is 0 Å². The van der Waals surface area contributed by atoms with Crippen LogP contribution in [0.4, 0.5) is 0 Å². The first-order chi connectivity index (χ1) is 15.2. The van der Waals surface area contributed by atoms with Crippen LogP contribution in [0, 0.1) is 51.2 Å². The van der Waals surface area contributed by atoms with Gasteiger partial charge in [-0.3, -0.25) is 14.4 Å². The number of carbonyl (C=O) groups is 4. The molecule has 0 amide bonds. The Morgan fingerprint density at radius 3 is 2.15 bits per heavy atom. The maximum absolute atomic E-state index is 14.0. The predicted octanol–water partition coefficient (Wildman–Crippen LogP) is 5.19. The average Bonchev–Trinajstić information content (AvgIpc) is 2.69. The summed E-state index contributed by atoms with van der Waals surface area (Å²) in [4.78, 5) is 51.2. The third kappa shape index (κ3) is 3.31. The Kier molecular flexibility index (Phi) is 5.77. The SMILES string of the molecule is CC(=O)O[C@H]1CC2[C@]3(C)CCC4C(C)(C)CCC[C@]4(C)C3CC(=O)[C@]2(C)[C@@H](C=O)[C@@H]1C(C)=O. The van der Waals surface area contributed by atoms with E-state index in [1.807, 2.05) is 6.92 Å². The number of fused-ring (bicyclic) bond motifs is 5. The maximum Gasteiger partial charge on any atom is 0.302 e. The number of hydrogen-bond donors (Lipinski definition) is 0. The minimum absolute atomic E-state index is 0.0801. The van der Waals surface area contributed by atoms with Crippen LogP contribution in [-0.4, -0.2) is 29.9 Å². The smallest absolute Gasteiger partial charge is 0.302 e. The van der Waals surface area contributed by atoms with Crippen LogP contribution in [0.1, 0.15) is 93.4 Å².